The molecule has 0 bridgehead atoms. The van der Waals surface area contributed by atoms with Crippen molar-refractivity contribution >= 4 is 27.7 Å². The first-order chi connectivity index (χ1) is 14.9. The Morgan fingerprint density at radius 1 is 1.19 bits per heavy atom. The van der Waals surface area contributed by atoms with Gasteiger partial charge in [-0.3, -0.25) is 4.79 Å². The highest BCUT2D eigenvalue weighted by atomic mass is 32.2. The maximum atomic E-state index is 12.9. The Bertz CT molecular complexity index is 1000. The van der Waals surface area contributed by atoms with Gasteiger partial charge >= 0.3 is 0 Å². The van der Waals surface area contributed by atoms with Crippen molar-refractivity contribution in [2.75, 3.05) is 45.7 Å². The van der Waals surface area contributed by atoms with E-state index in [9.17, 15) is 13.2 Å². The highest BCUT2D eigenvalue weighted by molar-refractivity contribution is 7.98. The van der Waals surface area contributed by atoms with Crippen molar-refractivity contribution in [3.8, 4) is 5.75 Å². The molecule has 1 saturated heterocycles. The number of nitrogens with zero attached hydrogens (tertiary/aromatic N) is 1. The molecule has 2 aromatic rings. The summed E-state index contributed by atoms with van der Waals surface area (Å²) in [5, 5.41) is 2.86. The van der Waals surface area contributed by atoms with E-state index in [0.717, 1.165) is 11.5 Å². The second-order valence-electron chi connectivity index (χ2n) is 7.11. The lowest BCUT2D eigenvalue weighted by atomic mass is 10.1. The summed E-state index contributed by atoms with van der Waals surface area (Å²) in [4.78, 5) is 12.8. The number of nitrogens with one attached hydrogen (secondary N) is 1. The van der Waals surface area contributed by atoms with Crippen molar-refractivity contribution in [2.24, 2.45) is 0 Å². The predicted molar refractivity (Wildman–Crippen MR) is 122 cm³/mol. The van der Waals surface area contributed by atoms with Gasteiger partial charge in [-0.25, -0.2) is 8.42 Å². The van der Waals surface area contributed by atoms with Gasteiger partial charge in [0.15, 0.2) is 0 Å². The number of hydrogen-bond donors (Lipinski definition) is 1. The van der Waals surface area contributed by atoms with Crippen LogP contribution >= 0.6 is 11.8 Å². The van der Waals surface area contributed by atoms with E-state index in [1.807, 2.05) is 12.1 Å². The number of morpholine rings is 1. The smallest absolute Gasteiger partial charge is 0.255 e. The lowest BCUT2D eigenvalue weighted by Gasteiger charge is -2.26. The van der Waals surface area contributed by atoms with Crippen LogP contribution in [0.1, 0.15) is 21.5 Å². The normalized spacial score (nSPS) is 14.9. The van der Waals surface area contributed by atoms with Crippen LogP contribution in [-0.4, -0.2) is 64.3 Å². The number of thioether (sulfide) groups is 1. The maximum Gasteiger partial charge on any atom is 0.255 e. The molecule has 1 fully saturated rings. The van der Waals surface area contributed by atoms with Crippen molar-refractivity contribution in [1.82, 2.24) is 9.62 Å². The van der Waals surface area contributed by atoms with Crippen LogP contribution in [0.2, 0.25) is 0 Å². The first kappa shape index (κ1) is 23.6. The molecule has 1 amide bonds. The van der Waals surface area contributed by atoms with Gasteiger partial charge in [0, 0.05) is 31.1 Å². The molecule has 1 aliphatic rings. The monoisotopic (exact) mass is 464 g/mol. The lowest BCUT2D eigenvalue weighted by Crippen LogP contribution is -2.40. The van der Waals surface area contributed by atoms with Crippen LogP contribution in [0.3, 0.4) is 0 Å². The number of aryl methyl sites for hydroxylation is 1. The number of carbonyl (C=O) groups is 1. The van der Waals surface area contributed by atoms with E-state index in [1.54, 1.807) is 11.8 Å². The molecule has 9 heteroatoms. The number of rotatable bonds is 9. The van der Waals surface area contributed by atoms with Gasteiger partial charge in [0.05, 0.1) is 30.8 Å². The predicted octanol–water partition coefficient (Wildman–Crippen LogP) is 2.69. The molecule has 2 aromatic carbocycles. The molecule has 1 N–H and O–H groups in total. The number of methoxy groups -OCH3 is 1. The van der Waals surface area contributed by atoms with E-state index in [0.29, 0.717) is 38.6 Å². The van der Waals surface area contributed by atoms with Gasteiger partial charge < -0.3 is 14.8 Å². The molecule has 168 valence electrons. The first-order valence-corrected chi connectivity index (χ1v) is 12.7. The summed E-state index contributed by atoms with van der Waals surface area (Å²) in [5.74, 6) is 1.60. The van der Waals surface area contributed by atoms with Crippen LogP contribution in [0, 0.1) is 6.92 Å². The second kappa shape index (κ2) is 11.0. The molecule has 0 radical (unpaired) electrons. The molecule has 0 aliphatic carbocycles. The Morgan fingerprint density at radius 3 is 2.65 bits per heavy atom. The van der Waals surface area contributed by atoms with E-state index in [4.69, 9.17) is 9.47 Å². The Kier molecular flexibility index (Phi) is 8.36. The standard InChI is InChI=1S/C22H28N2O5S2/c1-17-5-3-4-6-18(17)16-30-14-9-23-22(25)20-15-19(7-8-21(20)28-2)31(26,27)24-10-12-29-13-11-24/h3-8,15H,9-14,16H2,1-2H3,(H,23,25). The van der Waals surface area contributed by atoms with E-state index >= 15 is 0 Å². The first-order valence-electron chi connectivity index (χ1n) is 10.1. The van der Waals surface area contributed by atoms with Gasteiger partial charge in [-0.1, -0.05) is 24.3 Å². The fourth-order valence-corrected chi connectivity index (χ4v) is 5.62. The van der Waals surface area contributed by atoms with E-state index in [2.05, 4.69) is 24.4 Å². The fourth-order valence-electron chi connectivity index (χ4n) is 3.25. The molecule has 0 spiro atoms. The van der Waals surface area contributed by atoms with Crippen LogP contribution in [0.4, 0.5) is 0 Å². The minimum absolute atomic E-state index is 0.0780. The summed E-state index contributed by atoms with van der Waals surface area (Å²) < 4.78 is 37.7. The molecule has 0 atom stereocenters. The number of carbonyl (C=O) groups excluding carboxylic acids is 1. The Balaban J connectivity index is 1.61. The van der Waals surface area contributed by atoms with E-state index in [1.165, 1.54) is 40.7 Å². The summed E-state index contributed by atoms with van der Waals surface area (Å²) in [6.07, 6.45) is 0. The largest absolute Gasteiger partial charge is 0.496 e. The maximum absolute atomic E-state index is 12.9. The minimum Gasteiger partial charge on any atom is -0.496 e. The average molecular weight is 465 g/mol. The zero-order valence-corrected chi connectivity index (χ0v) is 19.4. The summed E-state index contributed by atoms with van der Waals surface area (Å²) in [6, 6.07) is 12.6. The molecule has 1 aliphatic heterocycles. The summed E-state index contributed by atoms with van der Waals surface area (Å²) in [5.41, 5.74) is 2.74. The van der Waals surface area contributed by atoms with Crippen molar-refractivity contribution in [3.05, 3.63) is 59.2 Å². The van der Waals surface area contributed by atoms with Gasteiger partial charge in [0.25, 0.3) is 5.91 Å². The number of ether oxygens (including phenoxy) is 2. The Labute approximate surface area is 188 Å². The van der Waals surface area contributed by atoms with Crippen molar-refractivity contribution in [3.63, 3.8) is 0 Å². The van der Waals surface area contributed by atoms with Gasteiger partial charge in [-0.05, 0) is 36.2 Å². The van der Waals surface area contributed by atoms with Crippen molar-refractivity contribution < 1.29 is 22.7 Å². The van der Waals surface area contributed by atoms with Crippen LogP contribution in [0.15, 0.2) is 47.4 Å². The molecule has 7 nitrogen and oxygen atoms in total. The highest BCUT2D eigenvalue weighted by Crippen LogP contribution is 2.25. The molecular weight excluding hydrogens is 436 g/mol. The summed E-state index contributed by atoms with van der Waals surface area (Å²) >= 11 is 1.73. The molecule has 0 aromatic heterocycles. The van der Waals surface area contributed by atoms with Crippen LogP contribution < -0.4 is 10.1 Å². The van der Waals surface area contributed by atoms with Crippen molar-refractivity contribution in [2.45, 2.75) is 17.6 Å². The third kappa shape index (κ3) is 6.00. The molecular formula is C22H28N2O5S2. The Morgan fingerprint density at radius 2 is 1.94 bits per heavy atom. The molecule has 1 heterocycles. The van der Waals surface area contributed by atoms with Crippen molar-refractivity contribution in [1.29, 1.82) is 0 Å². The fraction of sp³-hybridized carbons (Fsp3) is 0.409. The van der Waals surface area contributed by atoms with Crippen LogP contribution in [0.5, 0.6) is 5.75 Å². The van der Waals surface area contributed by atoms with Gasteiger partial charge in [-0.2, -0.15) is 16.1 Å². The molecule has 0 unspecified atom stereocenters. The van der Waals surface area contributed by atoms with Gasteiger partial charge in [-0.15, -0.1) is 0 Å². The quantitative estimate of drug-likeness (QED) is 0.575. The van der Waals surface area contributed by atoms with Gasteiger partial charge in [0.1, 0.15) is 5.75 Å². The average Bonchev–Trinajstić information content (AvgIpc) is 2.80. The summed E-state index contributed by atoms with van der Waals surface area (Å²) in [7, 11) is -2.23. The number of benzene rings is 2. The van der Waals surface area contributed by atoms with Crippen LogP contribution in [0.25, 0.3) is 0 Å². The third-order valence-corrected chi connectivity index (χ3v) is 7.98. The zero-order valence-electron chi connectivity index (χ0n) is 17.8. The Hall–Kier alpha value is -2.07. The third-order valence-electron chi connectivity index (χ3n) is 5.07. The highest BCUT2D eigenvalue weighted by Gasteiger charge is 2.28. The summed E-state index contributed by atoms with van der Waals surface area (Å²) in [6.45, 7) is 3.88. The molecule has 31 heavy (non-hydrogen) atoms. The lowest BCUT2D eigenvalue weighted by molar-refractivity contribution is 0.0730. The number of hydrogen-bond acceptors (Lipinski definition) is 6. The SMILES string of the molecule is COc1ccc(S(=O)(=O)N2CCOCC2)cc1C(=O)NCCSCc1ccccc1C. The topological polar surface area (TPSA) is 84.9 Å². The second-order valence-corrected chi connectivity index (χ2v) is 10.2. The van der Waals surface area contributed by atoms with E-state index in [-0.39, 0.29) is 16.4 Å². The number of amides is 1. The van der Waals surface area contributed by atoms with Gasteiger partial charge in [0.2, 0.25) is 10.0 Å². The molecule has 0 saturated carbocycles. The van der Waals surface area contributed by atoms with E-state index < -0.39 is 10.0 Å². The molecule has 3 rings (SSSR count). The minimum atomic E-state index is -3.69. The number of sulfonamides is 1. The van der Waals surface area contributed by atoms with Crippen LogP contribution in [-0.2, 0) is 20.5 Å². The zero-order chi connectivity index (χ0) is 22.3.